The molecule has 0 unspecified atom stereocenters. The van der Waals surface area contributed by atoms with E-state index in [0.29, 0.717) is 6.42 Å². The van der Waals surface area contributed by atoms with Gasteiger partial charge in [-0.05, 0) is 6.92 Å². The standard InChI is InChI=1S/C10H14NO3/c1-4-5-9(12)8(3)11-6-7(2)10(13)14/h4,6,11-12H,1,3,5H2,2H3,(H,13,14). The van der Waals surface area contributed by atoms with Gasteiger partial charge in [-0.2, -0.15) is 0 Å². The van der Waals surface area contributed by atoms with E-state index in [2.05, 4.69) is 18.5 Å². The number of hydrogen-bond donors (Lipinski definition) is 3. The van der Waals surface area contributed by atoms with Crippen molar-refractivity contribution >= 4 is 5.97 Å². The van der Waals surface area contributed by atoms with Crippen molar-refractivity contribution in [2.24, 2.45) is 0 Å². The first-order valence-electron chi connectivity index (χ1n) is 4.00. The normalized spacial score (nSPS) is 11.2. The first-order chi connectivity index (χ1) is 6.49. The van der Waals surface area contributed by atoms with Gasteiger partial charge in [-0.25, -0.2) is 4.79 Å². The summed E-state index contributed by atoms with van der Waals surface area (Å²) in [4.78, 5) is 10.4. The van der Waals surface area contributed by atoms with Gasteiger partial charge < -0.3 is 15.5 Å². The van der Waals surface area contributed by atoms with Crippen LogP contribution in [0.1, 0.15) is 13.3 Å². The number of nitrogens with one attached hydrogen (secondary N) is 1. The number of aliphatic hydroxyl groups excluding tert-OH is 1. The topological polar surface area (TPSA) is 69.6 Å². The van der Waals surface area contributed by atoms with Crippen LogP contribution in [-0.4, -0.2) is 16.2 Å². The van der Waals surface area contributed by atoms with Gasteiger partial charge in [0, 0.05) is 23.9 Å². The lowest BCUT2D eigenvalue weighted by Crippen LogP contribution is -2.13. The number of carbonyl (C=O) groups is 1. The molecule has 0 saturated carbocycles. The number of hydrogen-bond acceptors (Lipinski definition) is 3. The zero-order valence-corrected chi connectivity index (χ0v) is 8.08. The molecule has 3 N–H and O–H groups in total. The lowest BCUT2D eigenvalue weighted by molar-refractivity contribution is -0.132. The van der Waals surface area contributed by atoms with Crippen LogP contribution in [0.3, 0.4) is 0 Å². The Hall–Kier alpha value is -1.55. The van der Waals surface area contributed by atoms with Crippen molar-refractivity contribution in [1.29, 1.82) is 0 Å². The van der Waals surface area contributed by atoms with Crippen molar-refractivity contribution in [1.82, 2.24) is 5.32 Å². The van der Waals surface area contributed by atoms with Crippen LogP contribution in [0, 0.1) is 6.10 Å². The maximum atomic E-state index is 10.4. The van der Waals surface area contributed by atoms with Crippen LogP contribution in [0.2, 0.25) is 0 Å². The zero-order chi connectivity index (χ0) is 11.1. The summed E-state index contributed by atoms with van der Waals surface area (Å²) in [6.07, 6.45) is 3.13. The van der Waals surface area contributed by atoms with E-state index >= 15 is 0 Å². The Labute approximate surface area is 83.3 Å². The molecule has 0 aliphatic rings. The number of carboxylic acid groups (broad SMARTS) is 1. The second-order valence-electron chi connectivity index (χ2n) is 2.69. The molecule has 0 fully saturated rings. The van der Waals surface area contributed by atoms with Gasteiger partial charge in [-0.1, -0.05) is 12.7 Å². The summed E-state index contributed by atoms with van der Waals surface area (Å²) >= 11 is 0. The molecule has 0 aliphatic carbocycles. The maximum Gasteiger partial charge on any atom is 0.332 e. The fourth-order valence-corrected chi connectivity index (χ4v) is 0.600. The van der Waals surface area contributed by atoms with Crippen LogP contribution in [0.4, 0.5) is 0 Å². The third kappa shape index (κ3) is 4.47. The van der Waals surface area contributed by atoms with Crippen LogP contribution in [0.25, 0.3) is 0 Å². The van der Waals surface area contributed by atoms with Gasteiger partial charge in [-0.15, -0.1) is 6.58 Å². The molecule has 4 heteroatoms. The predicted molar refractivity (Wildman–Crippen MR) is 53.7 cm³/mol. The Kier molecular flexibility index (Phi) is 5.33. The largest absolute Gasteiger partial charge is 0.478 e. The highest BCUT2D eigenvalue weighted by molar-refractivity contribution is 5.85. The molecule has 0 bridgehead atoms. The molecule has 1 radical (unpaired) electrons. The van der Waals surface area contributed by atoms with E-state index in [1.165, 1.54) is 19.2 Å². The zero-order valence-electron chi connectivity index (χ0n) is 8.08. The molecule has 0 aliphatic heterocycles. The molecule has 0 aromatic heterocycles. The lowest BCUT2D eigenvalue weighted by atomic mass is 10.2. The molecule has 0 spiro atoms. The summed E-state index contributed by atoms with van der Waals surface area (Å²) in [5.74, 6) is -1.02. The lowest BCUT2D eigenvalue weighted by Gasteiger charge is -2.10. The Morgan fingerprint density at radius 2 is 2.07 bits per heavy atom. The third-order valence-electron chi connectivity index (χ3n) is 1.49. The van der Waals surface area contributed by atoms with Crippen molar-refractivity contribution in [3.05, 3.63) is 42.8 Å². The molecule has 0 heterocycles. The molecule has 0 aromatic carbocycles. The second kappa shape index (κ2) is 5.99. The minimum absolute atomic E-state index is 0.0365. The number of aliphatic carboxylic acids is 1. The molecule has 77 valence electrons. The van der Waals surface area contributed by atoms with Crippen molar-refractivity contribution in [2.75, 3.05) is 0 Å². The molecular formula is C10H14NO3. The summed E-state index contributed by atoms with van der Waals surface area (Å²) in [6.45, 7) is 8.41. The van der Waals surface area contributed by atoms with E-state index in [9.17, 15) is 9.90 Å². The molecule has 0 rings (SSSR count). The van der Waals surface area contributed by atoms with E-state index in [0.717, 1.165) is 0 Å². The quantitative estimate of drug-likeness (QED) is 0.445. The molecule has 0 aromatic rings. The highest BCUT2D eigenvalue weighted by Gasteiger charge is 2.07. The van der Waals surface area contributed by atoms with Gasteiger partial charge in [0.1, 0.15) is 6.10 Å². The molecule has 14 heavy (non-hydrogen) atoms. The molecular weight excluding hydrogens is 182 g/mol. The number of aliphatic hydroxyl groups is 1. The summed E-state index contributed by atoms with van der Waals surface area (Å²) in [5.41, 5.74) is 0.406. The highest BCUT2D eigenvalue weighted by atomic mass is 16.4. The van der Waals surface area contributed by atoms with Crippen molar-refractivity contribution in [3.8, 4) is 0 Å². The van der Waals surface area contributed by atoms with Crippen LogP contribution in [0.15, 0.2) is 36.7 Å². The first-order valence-corrected chi connectivity index (χ1v) is 4.00. The Morgan fingerprint density at radius 3 is 2.50 bits per heavy atom. The average molecular weight is 196 g/mol. The van der Waals surface area contributed by atoms with E-state index in [4.69, 9.17) is 5.11 Å². The minimum Gasteiger partial charge on any atom is -0.478 e. The number of carboxylic acids is 1. The smallest absolute Gasteiger partial charge is 0.332 e. The van der Waals surface area contributed by atoms with Gasteiger partial charge >= 0.3 is 5.97 Å². The fraction of sp³-hybridized carbons (Fsp3) is 0.200. The van der Waals surface area contributed by atoms with E-state index < -0.39 is 5.97 Å². The van der Waals surface area contributed by atoms with Gasteiger partial charge in [0.15, 0.2) is 0 Å². The van der Waals surface area contributed by atoms with Crippen LogP contribution in [0.5, 0.6) is 0 Å². The van der Waals surface area contributed by atoms with Crippen LogP contribution < -0.4 is 5.32 Å². The highest BCUT2D eigenvalue weighted by Crippen LogP contribution is 2.09. The maximum absolute atomic E-state index is 10.4. The second-order valence-corrected chi connectivity index (χ2v) is 2.69. The molecule has 0 saturated heterocycles. The minimum atomic E-state index is -1.02. The van der Waals surface area contributed by atoms with E-state index in [1.54, 1.807) is 0 Å². The number of rotatable bonds is 6. The predicted octanol–water partition coefficient (Wildman–Crippen LogP) is 1.56. The summed E-state index contributed by atoms with van der Waals surface area (Å²) in [5, 5.41) is 20.4. The Balaban J connectivity index is 4.13. The van der Waals surface area contributed by atoms with Gasteiger partial charge in [0.2, 0.25) is 0 Å². The van der Waals surface area contributed by atoms with E-state index in [-0.39, 0.29) is 17.4 Å². The van der Waals surface area contributed by atoms with Crippen LogP contribution in [-0.2, 0) is 4.79 Å². The summed E-state index contributed by atoms with van der Waals surface area (Å²) in [6, 6.07) is 0. The molecule has 0 amide bonds. The van der Waals surface area contributed by atoms with Gasteiger partial charge in [-0.3, -0.25) is 0 Å². The van der Waals surface area contributed by atoms with Gasteiger partial charge in [0.05, 0.1) is 0 Å². The summed E-state index contributed by atoms with van der Waals surface area (Å²) < 4.78 is 0. The molecule has 0 atom stereocenters. The average Bonchev–Trinajstić information content (AvgIpc) is 2.13. The Morgan fingerprint density at radius 1 is 1.50 bits per heavy atom. The van der Waals surface area contributed by atoms with Gasteiger partial charge in [0.25, 0.3) is 0 Å². The SMILES string of the molecule is C=CC[C](O)C(=C)NC=C(C)C(=O)O. The first kappa shape index (κ1) is 12.4. The van der Waals surface area contributed by atoms with Crippen molar-refractivity contribution in [2.45, 2.75) is 13.3 Å². The van der Waals surface area contributed by atoms with Crippen LogP contribution >= 0.6 is 0 Å². The summed E-state index contributed by atoms with van der Waals surface area (Å²) in [7, 11) is 0. The molecule has 4 nitrogen and oxygen atoms in total. The van der Waals surface area contributed by atoms with Crippen molar-refractivity contribution < 1.29 is 15.0 Å². The Bertz CT molecular complexity index is 269. The van der Waals surface area contributed by atoms with Crippen molar-refractivity contribution in [3.63, 3.8) is 0 Å². The monoisotopic (exact) mass is 196 g/mol. The van der Waals surface area contributed by atoms with E-state index in [1.807, 2.05) is 0 Å². The fourth-order valence-electron chi connectivity index (χ4n) is 0.600. The third-order valence-corrected chi connectivity index (χ3v) is 1.49.